The van der Waals surface area contributed by atoms with Gasteiger partial charge in [0.1, 0.15) is 5.82 Å². The maximum atomic E-state index is 13.0. The molecule has 4 nitrogen and oxygen atoms in total. The van der Waals surface area contributed by atoms with Crippen molar-refractivity contribution in [2.24, 2.45) is 11.8 Å². The van der Waals surface area contributed by atoms with Gasteiger partial charge in [-0.25, -0.2) is 4.39 Å². The monoisotopic (exact) mass is 332 g/mol. The molecule has 3 heterocycles. The zero-order valence-corrected chi connectivity index (χ0v) is 14.4. The van der Waals surface area contributed by atoms with Crippen molar-refractivity contribution >= 4 is 5.91 Å². The predicted octanol–water partition coefficient (Wildman–Crippen LogP) is 1.94. The molecule has 0 aromatic heterocycles. The molecule has 0 unspecified atom stereocenters. The maximum Gasteiger partial charge on any atom is 0.227 e. The summed E-state index contributed by atoms with van der Waals surface area (Å²) in [6, 6.07) is 6.22. The number of benzene rings is 1. The summed E-state index contributed by atoms with van der Waals surface area (Å²) < 4.78 is 19.4. The topological polar surface area (TPSA) is 32.8 Å². The third-order valence-electron chi connectivity index (χ3n) is 5.98. The fourth-order valence-corrected chi connectivity index (χ4v) is 4.93. The molecule has 3 aliphatic rings. The van der Waals surface area contributed by atoms with Gasteiger partial charge in [-0.3, -0.25) is 4.79 Å². The molecule has 3 saturated heterocycles. The van der Waals surface area contributed by atoms with Crippen molar-refractivity contribution in [3.63, 3.8) is 0 Å². The Kier molecular flexibility index (Phi) is 3.88. The van der Waals surface area contributed by atoms with Gasteiger partial charge in [0.15, 0.2) is 0 Å². The molecule has 3 fully saturated rings. The number of hydrogen-bond acceptors (Lipinski definition) is 3. The summed E-state index contributed by atoms with van der Waals surface area (Å²) in [6.07, 6.45) is 2.90. The normalized spacial score (nSPS) is 34.2. The van der Waals surface area contributed by atoms with Crippen LogP contribution in [0.25, 0.3) is 0 Å². The Morgan fingerprint density at radius 2 is 2.12 bits per heavy atom. The highest BCUT2D eigenvalue weighted by Crippen LogP contribution is 2.54. The van der Waals surface area contributed by atoms with Crippen LogP contribution in [0.5, 0.6) is 0 Å². The molecule has 5 heteroatoms. The highest BCUT2D eigenvalue weighted by molar-refractivity contribution is 5.79. The molecule has 1 spiro atoms. The lowest BCUT2D eigenvalue weighted by Crippen LogP contribution is -2.40. The summed E-state index contributed by atoms with van der Waals surface area (Å²) in [7, 11) is 4.20. The molecule has 1 aromatic rings. The summed E-state index contributed by atoms with van der Waals surface area (Å²) in [5, 5.41) is 0. The number of ether oxygens (including phenoxy) is 1. The first kappa shape index (κ1) is 16.0. The summed E-state index contributed by atoms with van der Waals surface area (Å²) in [5.74, 6) is 0.840. The predicted molar refractivity (Wildman–Crippen MR) is 89.1 cm³/mol. The fourth-order valence-electron chi connectivity index (χ4n) is 4.93. The van der Waals surface area contributed by atoms with Crippen LogP contribution in [0.1, 0.15) is 18.4 Å². The largest absolute Gasteiger partial charge is 0.369 e. The first-order chi connectivity index (χ1) is 11.5. The van der Waals surface area contributed by atoms with E-state index in [-0.39, 0.29) is 17.3 Å². The first-order valence-electron chi connectivity index (χ1n) is 8.82. The lowest BCUT2D eigenvalue weighted by atomic mass is 9.73. The van der Waals surface area contributed by atoms with E-state index < -0.39 is 0 Å². The van der Waals surface area contributed by atoms with Gasteiger partial charge in [0.25, 0.3) is 0 Å². The molecule has 1 amide bonds. The third kappa shape index (κ3) is 2.64. The average Bonchev–Trinajstić information content (AvgIpc) is 3.19. The van der Waals surface area contributed by atoms with Crippen LogP contribution in [0.4, 0.5) is 4.39 Å². The summed E-state index contributed by atoms with van der Waals surface area (Å²) in [4.78, 5) is 16.9. The van der Waals surface area contributed by atoms with Crippen molar-refractivity contribution in [3.05, 3.63) is 35.6 Å². The van der Waals surface area contributed by atoms with Crippen LogP contribution in [0.3, 0.4) is 0 Å². The van der Waals surface area contributed by atoms with Crippen molar-refractivity contribution < 1.29 is 13.9 Å². The summed E-state index contributed by atoms with van der Waals surface area (Å²) >= 11 is 0. The molecule has 4 atom stereocenters. The molecular formula is C19H25FN2O2. The van der Waals surface area contributed by atoms with E-state index in [1.54, 1.807) is 12.1 Å². The number of amides is 1. The Morgan fingerprint density at radius 3 is 2.83 bits per heavy atom. The molecule has 0 N–H and O–H groups in total. The smallest absolute Gasteiger partial charge is 0.227 e. The van der Waals surface area contributed by atoms with Crippen molar-refractivity contribution in [1.29, 1.82) is 0 Å². The molecule has 2 bridgehead atoms. The second kappa shape index (κ2) is 5.81. The third-order valence-corrected chi connectivity index (χ3v) is 5.98. The van der Waals surface area contributed by atoms with E-state index in [0.717, 1.165) is 38.0 Å². The maximum absolute atomic E-state index is 13.0. The zero-order valence-electron chi connectivity index (χ0n) is 14.4. The van der Waals surface area contributed by atoms with Crippen molar-refractivity contribution in [2.75, 3.05) is 33.7 Å². The van der Waals surface area contributed by atoms with Crippen LogP contribution in [-0.4, -0.2) is 61.1 Å². The molecule has 130 valence electrons. The SMILES string of the molecule is CN(C)C[C@H]1[C@H]2CN(C(=O)Cc3ccc(F)cc3)C[C@]23CC[C@H]1O3. The molecule has 4 rings (SSSR count). The molecule has 0 aliphatic carbocycles. The van der Waals surface area contributed by atoms with Crippen LogP contribution in [0, 0.1) is 17.7 Å². The van der Waals surface area contributed by atoms with Gasteiger partial charge in [0.05, 0.1) is 24.7 Å². The number of nitrogens with zero attached hydrogens (tertiary/aromatic N) is 2. The number of hydrogen-bond donors (Lipinski definition) is 0. The average molecular weight is 332 g/mol. The Balaban J connectivity index is 1.45. The number of carbonyl (C=O) groups excluding carboxylic acids is 1. The Bertz CT molecular complexity index is 633. The molecular weight excluding hydrogens is 307 g/mol. The van der Waals surface area contributed by atoms with E-state index in [4.69, 9.17) is 4.74 Å². The second-order valence-corrected chi connectivity index (χ2v) is 7.87. The number of likely N-dealkylation sites (tertiary alicyclic amines) is 1. The molecule has 0 saturated carbocycles. The quantitative estimate of drug-likeness (QED) is 0.845. The molecule has 0 radical (unpaired) electrons. The van der Waals surface area contributed by atoms with Crippen molar-refractivity contribution in [1.82, 2.24) is 9.80 Å². The van der Waals surface area contributed by atoms with Crippen LogP contribution >= 0.6 is 0 Å². The van der Waals surface area contributed by atoms with Crippen molar-refractivity contribution in [2.45, 2.75) is 31.0 Å². The highest BCUT2D eigenvalue weighted by atomic mass is 19.1. The summed E-state index contributed by atoms with van der Waals surface area (Å²) in [5.41, 5.74) is 0.759. The van der Waals surface area contributed by atoms with E-state index in [9.17, 15) is 9.18 Å². The zero-order chi connectivity index (χ0) is 16.9. The lowest BCUT2D eigenvalue weighted by molar-refractivity contribution is -0.131. The van der Waals surface area contributed by atoms with Gasteiger partial charge < -0.3 is 14.5 Å². The summed E-state index contributed by atoms with van der Waals surface area (Å²) in [6.45, 7) is 2.55. The molecule has 24 heavy (non-hydrogen) atoms. The Labute approximate surface area is 142 Å². The van der Waals surface area contributed by atoms with Crippen LogP contribution in [0.15, 0.2) is 24.3 Å². The van der Waals surface area contributed by atoms with Gasteiger partial charge in [-0.2, -0.15) is 0 Å². The van der Waals surface area contributed by atoms with Gasteiger partial charge in [0, 0.05) is 24.9 Å². The van der Waals surface area contributed by atoms with E-state index in [1.165, 1.54) is 12.1 Å². The Morgan fingerprint density at radius 1 is 1.38 bits per heavy atom. The van der Waals surface area contributed by atoms with Crippen LogP contribution in [0.2, 0.25) is 0 Å². The van der Waals surface area contributed by atoms with E-state index in [0.29, 0.717) is 24.4 Å². The minimum absolute atomic E-state index is 0.107. The van der Waals surface area contributed by atoms with E-state index in [2.05, 4.69) is 19.0 Å². The number of carbonyl (C=O) groups is 1. The number of rotatable bonds is 4. The van der Waals surface area contributed by atoms with E-state index in [1.807, 2.05) is 4.90 Å². The number of fused-ring (bicyclic) bond motifs is 1. The fraction of sp³-hybridized carbons (Fsp3) is 0.632. The van der Waals surface area contributed by atoms with E-state index >= 15 is 0 Å². The standard InChI is InChI=1S/C19H25FN2O2/c1-21(2)10-15-16-11-22(12-19(16)8-7-17(15)24-19)18(23)9-13-3-5-14(20)6-4-13/h3-6,15-17H,7-12H2,1-2H3/t15-,16+,17+,19+/m0/s1. The molecule has 3 aliphatic heterocycles. The highest BCUT2D eigenvalue weighted by Gasteiger charge is 2.63. The minimum atomic E-state index is -0.266. The van der Waals surface area contributed by atoms with Gasteiger partial charge in [-0.05, 0) is 44.6 Å². The second-order valence-electron chi connectivity index (χ2n) is 7.87. The van der Waals surface area contributed by atoms with Gasteiger partial charge >= 0.3 is 0 Å². The van der Waals surface area contributed by atoms with Gasteiger partial charge in [0.2, 0.25) is 5.91 Å². The first-order valence-corrected chi connectivity index (χ1v) is 8.82. The van der Waals surface area contributed by atoms with Crippen LogP contribution < -0.4 is 0 Å². The number of halogens is 1. The van der Waals surface area contributed by atoms with Gasteiger partial charge in [-0.15, -0.1) is 0 Å². The Hall–Kier alpha value is -1.46. The lowest BCUT2D eigenvalue weighted by Gasteiger charge is -2.30. The molecule has 1 aromatic carbocycles. The minimum Gasteiger partial charge on any atom is -0.369 e. The van der Waals surface area contributed by atoms with Gasteiger partial charge in [-0.1, -0.05) is 12.1 Å². The van der Waals surface area contributed by atoms with Crippen LogP contribution in [-0.2, 0) is 16.0 Å². The van der Waals surface area contributed by atoms with Crippen molar-refractivity contribution in [3.8, 4) is 0 Å².